The smallest absolute Gasteiger partial charge is 0.285 e. The van der Waals surface area contributed by atoms with Crippen LogP contribution in [0.25, 0.3) is 10.2 Å². The second-order valence-corrected chi connectivity index (χ2v) is 8.67. The van der Waals surface area contributed by atoms with E-state index in [1.807, 2.05) is 22.8 Å². The van der Waals surface area contributed by atoms with E-state index in [0.717, 1.165) is 14.7 Å². The number of thiazole rings is 1. The number of rotatable bonds is 5. The van der Waals surface area contributed by atoms with Gasteiger partial charge in [-0.15, -0.1) is 11.0 Å². The molecule has 0 bridgehead atoms. The number of ether oxygens (including phenoxy) is 1. The molecule has 1 aromatic heterocycles. The summed E-state index contributed by atoms with van der Waals surface area (Å²) in [5.41, 5.74) is 0.914. The van der Waals surface area contributed by atoms with E-state index >= 15 is 0 Å². The predicted octanol–water partition coefficient (Wildman–Crippen LogP) is 3.95. The molecule has 0 aliphatic carbocycles. The van der Waals surface area contributed by atoms with E-state index in [4.69, 9.17) is 4.74 Å². The van der Waals surface area contributed by atoms with Gasteiger partial charge in [0.15, 0.2) is 0 Å². The normalized spacial score (nSPS) is 12.5. The maximum absolute atomic E-state index is 12.7. The standard InChI is InChI=1S/C17H15BrN2O3S2/c1-3-10-20-15-9-4-12(18)11-16(15)24-17(20)19-25(21,22)14-7-5-13(23-2)6-8-14/h3-9,11H,1,10H2,2H3/b19-17-. The second kappa shape index (κ2) is 7.15. The van der Waals surface area contributed by atoms with Gasteiger partial charge in [-0.1, -0.05) is 33.3 Å². The van der Waals surface area contributed by atoms with Crippen LogP contribution in [0.2, 0.25) is 0 Å². The first-order chi connectivity index (χ1) is 11.9. The lowest BCUT2D eigenvalue weighted by Crippen LogP contribution is -2.16. The summed E-state index contributed by atoms with van der Waals surface area (Å²) in [4.78, 5) is 0.529. The molecule has 0 atom stereocenters. The number of benzene rings is 2. The number of allylic oxidation sites excluding steroid dienone is 1. The van der Waals surface area contributed by atoms with Gasteiger partial charge in [0, 0.05) is 11.0 Å². The van der Waals surface area contributed by atoms with Crippen LogP contribution in [0.4, 0.5) is 0 Å². The summed E-state index contributed by atoms with van der Waals surface area (Å²) in [5.74, 6) is 0.590. The Kier molecular flexibility index (Phi) is 5.12. The molecule has 2 aromatic carbocycles. The molecule has 0 fully saturated rings. The fraction of sp³-hybridized carbons (Fsp3) is 0.118. The summed E-state index contributed by atoms with van der Waals surface area (Å²) in [5, 5.41) is 0. The molecule has 0 radical (unpaired) electrons. The van der Waals surface area contributed by atoms with Gasteiger partial charge in [-0.2, -0.15) is 8.42 Å². The number of aromatic nitrogens is 1. The fourth-order valence-electron chi connectivity index (χ4n) is 2.33. The Bertz CT molecular complexity index is 1100. The van der Waals surface area contributed by atoms with Crippen molar-refractivity contribution in [3.8, 4) is 5.75 Å². The molecule has 0 saturated heterocycles. The SMILES string of the molecule is C=CCn1/c(=N/S(=O)(=O)c2ccc(OC)cc2)sc2cc(Br)ccc21. The molecule has 0 saturated carbocycles. The molecule has 3 rings (SSSR count). The number of methoxy groups -OCH3 is 1. The number of hydrogen-bond acceptors (Lipinski definition) is 4. The maximum atomic E-state index is 12.7. The van der Waals surface area contributed by atoms with Gasteiger partial charge in [0.2, 0.25) is 4.80 Å². The van der Waals surface area contributed by atoms with Crippen molar-refractivity contribution in [2.45, 2.75) is 11.4 Å². The highest BCUT2D eigenvalue weighted by Crippen LogP contribution is 2.23. The summed E-state index contributed by atoms with van der Waals surface area (Å²) in [6.45, 7) is 4.22. The van der Waals surface area contributed by atoms with Crippen molar-refractivity contribution in [3.63, 3.8) is 0 Å². The number of nitrogens with zero attached hydrogens (tertiary/aromatic N) is 2. The van der Waals surface area contributed by atoms with Gasteiger partial charge in [0.1, 0.15) is 5.75 Å². The first-order valence-electron chi connectivity index (χ1n) is 7.29. The molecule has 130 valence electrons. The van der Waals surface area contributed by atoms with Gasteiger partial charge in [-0.25, -0.2) is 0 Å². The lowest BCUT2D eigenvalue weighted by molar-refractivity contribution is 0.414. The van der Waals surface area contributed by atoms with Crippen LogP contribution in [0.5, 0.6) is 5.75 Å². The topological polar surface area (TPSA) is 60.7 Å². The van der Waals surface area contributed by atoms with E-state index in [2.05, 4.69) is 26.9 Å². The molecule has 8 heteroatoms. The molecule has 0 amide bonds. The van der Waals surface area contributed by atoms with Crippen molar-refractivity contribution in [3.05, 3.63) is 64.4 Å². The average molecular weight is 439 g/mol. The van der Waals surface area contributed by atoms with E-state index in [1.54, 1.807) is 18.2 Å². The highest BCUT2D eigenvalue weighted by Gasteiger charge is 2.15. The van der Waals surface area contributed by atoms with Gasteiger partial charge in [0.05, 0.1) is 22.2 Å². The highest BCUT2D eigenvalue weighted by molar-refractivity contribution is 9.10. The number of sulfonamides is 1. The predicted molar refractivity (Wildman–Crippen MR) is 103 cm³/mol. The van der Waals surface area contributed by atoms with E-state index in [1.165, 1.54) is 30.6 Å². The summed E-state index contributed by atoms with van der Waals surface area (Å²) < 4.78 is 38.1. The molecule has 5 nitrogen and oxygen atoms in total. The number of hydrogen-bond donors (Lipinski definition) is 0. The highest BCUT2D eigenvalue weighted by atomic mass is 79.9. The van der Waals surface area contributed by atoms with E-state index in [9.17, 15) is 8.42 Å². The zero-order chi connectivity index (χ0) is 18.0. The first kappa shape index (κ1) is 17.9. The minimum atomic E-state index is -3.82. The minimum absolute atomic E-state index is 0.122. The Hall–Kier alpha value is -1.90. The van der Waals surface area contributed by atoms with Gasteiger partial charge in [-0.3, -0.25) is 0 Å². The lowest BCUT2D eigenvalue weighted by atomic mass is 10.3. The molecule has 0 aliphatic heterocycles. The van der Waals surface area contributed by atoms with E-state index in [-0.39, 0.29) is 4.90 Å². The third-order valence-corrected chi connectivity index (χ3v) is 6.44. The second-order valence-electron chi connectivity index (χ2n) is 5.14. The van der Waals surface area contributed by atoms with Crippen molar-refractivity contribution in [2.24, 2.45) is 4.40 Å². The number of halogens is 1. The van der Waals surface area contributed by atoms with Crippen LogP contribution < -0.4 is 9.54 Å². The molecular formula is C17H15BrN2O3S2. The molecule has 0 spiro atoms. The Labute approximate surface area is 158 Å². The summed E-state index contributed by atoms with van der Waals surface area (Å²) in [6, 6.07) is 12.0. The van der Waals surface area contributed by atoms with Gasteiger partial charge < -0.3 is 9.30 Å². The van der Waals surface area contributed by atoms with E-state index in [0.29, 0.717) is 17.1 Å². The molecule has 0 unspecified atom stereocenters. The van der Waals surface area contributed by atoms with Crippen LogP contribution >= 0.6 is 27.3 Å². The van der Waals surface area contributed by atoms with Crippen LogP contribution in [0.15, 0.2) is 68.9 Å². The van der Waals surface area contributed by atoms with Gasteiger partial charge in [-0.05, 0) is 42.5 Å². The fourth-order valence-corrected chi connectivity index (χ4v) is 5.12. The largest absolute Gasteiger partial charge is 0.497 e. The maximum Gasteiger partial charge on any atom is 0.285 e. The quantitative estimate of drug-likeness (QED) is 0.566. The first-order valence-corrected chi connectivity index (χ1v) is 10.3. The zero-order valence-corrected chi connectivity index (χ0v) is 16.6. The van der Waals surface area contributed by atoms with Gasteiger partial charge in [0.25, 0.3) is 10.0 Å². The van der Waals surface area contributed by atoms with Crippen LogP contribution in [0.3, 0.4) is 0 Å². The molecular weight excluding hydrogens is 424 g/mol. The van der Waals surface area contributed by atoms with Crippen molar-refractivity contribution in [1.82, 2.24) is 4.57 Å². The lowest BCUT2D eigenvalue weighted by Gasteiger charge is -2.03. The van der Waals surface area contributed by atoms with Crippen molar-refractivity contribution < 1.29 is 13.2 Å². The van der Waals surface area contributed by atoms with Crippen LogP contribution in [0, 0.1) is 0 Å². The Balaban J connectivity index is 2.18. The van der Waals surface area contributed by atoms with Crippen LogP contribution in [0.1, 0.15) is 0 Å². The van der Waals surface area contributed by atoms with Crippen LogP contribution in [-0.2, 0) is 16.6 Å². The zero-order valence-electron chi connectivity index (χ0n) is 13.3. The molecule has 3 aromatic rings. The van der Waals surface area contributed by atoms with Crippen molar-refractivity contribution in [2.75, 3.05) is 7.11 Å². The Morgan fingerprint density at radius 2 is 2.00 bits per heavy atom. The molecule has 0 aliphatic rings. The Morgan fingerprint density at radius 3 is 2.64 bits per heavy atom. The molecule has 0 N–H and O–H groups in total. The van der Waals surface area contributed by atoms with Gasteiger partial charge >= 0.3 is 0 Å². The molecule has 1 heterocycles. The van der Waals surface area contributed by atoms with Crippen molar-refractivity contribution in [1.29, 1.82) is 0 Å². The summed E-state index contributed by atoms with van der Waals surface area (Å²) in [6.07, 6.45) is 1.72. The minimum Gasteiger partial charge on any atom is -0.497 e. The average Bonchev–Trinajstić information content (AvgIpc) is 2.91. The monoisotopic (exact) mass is 438 g/mol. The third kappa shape index (κ3) is 3.70. The summed E-state index contributed by atoms with van der Waals surface area (Å²) >= 11 is 4.76. The van der Waals surface area contributed by atoms with Crippen molar-refractivity contribution >= 4 is 47.5 Å². The Morgan fingerprint density at radius 1 is 1.28 bits per heavy atom. The van der Waals surface area contributed by atoms with E-state index < -0.39 is 10.0 Å². The molecule has 25 heavy (non-hydrogen) atoms. The third-order valence-electron chi connectivity index (χ3n) is 3.51. The summed E-state index contributed by atoms with van der Waals surface area (Å²) in [7, 11) is -2.29. The van der Waals surface area contributed by atoms with Crippen LogP contribution in [-0.4, -0.2) is 20.1 Å². The number of fused-ring (bicyclic) bond motifs is 1.